The van der Waals surface area contributed by atoms with Crippen molar-refractivity contribution >= 4 is 40.8 Å². The first-order valence-corrected chi connectivity index (χ1v) is 8.93. The van der Waals surface area contributed by atoms with E-state index in [1.165, 1.54) is 0 Å². The van der Waals surface area contributed by atoms with Crippen LogP contribution in [0, 0.1) is 0 Å². The van der Waals surface area contributed by atoms with E-state index in [4.69, 9.17) is 23.2 Å². The Hall–Kier alpha value is -2.55. The fourth-order valence-electron chi connectivity index (χ4n) is 2.53. The van der Waals surface area contributed by atoms with Crippen LogP contribution >= 0.6 is 23.2 Å². The van der Waals surface area contributed by atoms with E-state index < -0.39 is 0 Å². The average Bonchev–Trinajstić information content (AvgIpc) is 2.67. The van der Waals surface area contributed by atoms with Gasteiger partial charge in [0.25, 0.3) is 5.91 Å². The van der Waals surface area contributed by atoms with Crippen LogP contribution in [0.5, 0.6) is 0 Å². The lowest BCUT2D eigenvalue weighted by atomic mass is 10.0. The van der Waals surface area contributed by atoms with Crippen LogP contribution in [0.4, 0.5) is 0 Å². The minimum atomic E-state index is -0.161. The predicted molar refractivity (Wildman–Crippen MR) is 109 cm³/mol. The molecule has 130 valence electrons. The van der Waals surface area contributed by atoms with E-state index in [0.717, 1.165) is 16.7 Å². The molecule has 0 unspecified atom stereocenters. The number of amides is 1. The Labute approximate surface area is 163 Å². The van der Waals surface area contributed by atoms with Crippen LogP contribution in [0.15, 0.2) is 78.9 Å². The molecule has 3 rings (SSSR count). The molecule has 3 aromatic carbocycles. The Morgan fingerprint density at radius 3 is 2.19 bits per heavy atom. The maximum absolute atomic E-state index is 12.9. The molecule has 0 radical (unpaired) electrons. The monoisotopic (exact) mass is 381 g/mol. The minimum Gasteiger partial charge on any atom is -0.348 e. The first kappa shape index (κ1) is 18.2. The number of hydrogen-bond donors (Lipinski definition) is 1. The van der Waals surface area contributed by atoms with E-state index in [9.17, 15) is 4.79 Å². The Morgan fingerprint density at radius 2 is 1.50 bits per heavy atom. The van der Waals surface area contributed by atoms with Gasteiger partial charge in [0.2, 0.25) is 0 Å². The van der Waals surface area contributed by atoms with Crippen LogP contribution < -0.4 is 5.32 Å². The third kappa shape index (κ3) is 4.75. The third-order valence-electron chi connectivity index (χ3n) is 3.90. The molecule has 26 heavy (non-hydrogen) atoms. The third-order valence-corrected chi connectivity index (χ3v) is 4.50. The number of benzene rings is 3. The summed E-state index contributed by atoms with van der Waals surface area (Å²) in [6, 6.07) is 24.4. The van der Waals surface area contributed by atoms with E-state index in [1.54, 1.807) is 12.1 Å². The van der Waals surface area contributed by atoms with E-state index in [0.29, 0.717) is 22.2 Å². The van der Waals surface area contributed by atoms with Crippen LogP contribution in [0.25, 0.3) is 11.6 Å². The Kier molecular flexibility index (Phi) is 6.11. The molecule has 0 atom stereocenters. The summed E-state index contributed by atoms with van der Waals surface area (Å²) in [5.41, 5.74) is 3.18. The van der Waals surface area contributed by atoms with Crippen molar-refractivity contribution in [3.05, 3.63) is 106 Å². The van der Waals surface area contributed by atoms with Gasteiger partial charge in [-0.3, -0.25) is 4.79 Å². The molecule has 4 heteroatoms. The minimum absolute atomic E-state index is 0.161. The lowest BCUT2D eigenvalue weighted by Crippen LogP contribution is -2.23. The van der Waals surface area contributed by atoms with Crippen molar-refractivity contribution in [2.45, 2.75) is 6.54 Å². The number of carbonyl (C=O) groups is 1. The molecular formula is C22H17Cl2NO. The van der Waals surface area contributed by atoms with Crippen LogP contribution in [-0.2, 0) is 11.3 Å². The molecule has 0 saturated heterocycles. The summed E-state index contributed by atoms with van der Waals surface area (Å²) in [6.45, 7) is 0.419. The topological polar surface area (TPSA) is 29.1 Å². The highest BCUT2D eigenvalue weighted by atomic mass is 35.5. The fraction of sp³-hybridized carbons (Fsp3) is 0.0455. The van der Waals surface area contributed by atoms with Crippen molar-refractivity contribution < 1.29 is 4.79 Å². The van der Waals surface area contributed by atoms with Gasteiger partial charge in [-0.2, -0.15) is 0 Å². The molecule has 1 amide bonds. The SMILES string of the molecule is O=C(NCc1ccc(Cl)cc1)/C(=C\c1ccccc1Cl)c1ccccc1. The fourth-order valence-corrected chi connectivity index (χ4v) is 2.84. The molecule has 0 aliphatic rings. The molecule has 0 aliphatic heterocycles. The Bertz CT molecular complexity index is 918. The van der Waals surface area contributed by atoms with Gasteiger partial charge in [0.05, 0.1) is 0 Å². The van der Waals surface area contributed by atoms with E-state index in [1.807, 2.05) is 72.8 Å². The zero-order valence-electron chi connectivity index (χ0n) is 14.0. The second-order valence-corrected chi connectivity index (χ2v) is 6.60. The zero-order valence-corrected chi connectivity index (χ0v) is 15.5. The molecule has 1 N–H and O–H groups in total. The van der Waals surface area contributed by atoms with Gasteiger partial charge in [0, 0.05) is 22.2 Å². The van der Waals surface area contributed by atoms with Crippen LogP contribution in [0.1, 0.15) is 16.7 Å². The molecule has 0 fully saturated rings. The summed E-state index contributed by atoms with van der Waals surface area (Å²) in [5, 5.41) is 4.24. The van der Waals surface area contributed by atoms with Crippen LogP contribution in [0.2, 0.25) is 10.0 Å². The molecule has 0 spiro atoms. The van der Waals surface area contributed by atoms with Crippen molar-refractivity contribution in [2.75, 3.05) is 0 Å². The highest BCUT2D eigenvalue weighted by molar-refractivity contribution is 6.33. The lowest BCUT2D eigenvalue weighted by molar-refractivity contribution is -0.115. The summed E-state index contributed by atoms with van der Waals surface area (Å²) in [7, 11) is 0. The molecule has 0 bridgehead atoms. The van der Waals surface area contributed by atoms with Crippen molar-refractivity contribution in [1.82, 2.24) is 5.32 Å². The Morgan fingerprint density at radius 1 is 0.846 bits per heavy atom. The van der Waals surface area contributed by atoms with E-state index >= 15 is 0 Å². The second kappa shape index (κ2) is 8.70. The smallest absolute Gasteiger partial charge is 0.252 e. The Balaban J connectivity index is 1.87. The standard InChI is InChI=1S/C22H17Cl2NO/c23-19-12-10-16(11-13-19)15-25-22(26)20(17-6-2-1-3-7-17)14-18-8-4-5-9-21(18)24/h1-14H,15H2,(H,25,26)/b20-14-. The summed E-state index contributed by atoms with van der Waals surface area (Å²) in [4.78, 5) is 12.9. The maximum Gasteiger partial charge on any atom is 0.252 e. The largest absolute Gasteiger partial charge is 0.348 e. The van der Waals surface area contributed by atoms with E-state index in [-0.39, 0.29) is 5.91 Å². The molecular weight excluding hydrogens is 365 g/mol. The zero-order chi connectivity index (χ0) is 18.4. The summed E-state index contributed by atoms with van der Waals surface area (Å²) < 4.78 is 0. The normalized spacial score (nSPS) is 11.2. The van der Waals surface area contributed by atoms with Gasteiger partial charge in [0.1, 0.15) is 0 Å². The summed E-state index contributed by atoms with van der Waals surface area (Å²) in [6.07, 6.45) is 1.81. The van der Waals surface area contributed by atoms with Gasteiger partial charge in [0.15, 0.2) is 0 Å². The molecule has 0 saturated carbocycles. The first-order chi connectivity index (χ1) is 12.6. The molecule has 2 nitrogen and oxygen atoms in total. The van der Waals surface area contributed by atoms with Gasteiger partial charge in [-0.05, 0) is 41.0 Å². The van der Waals surface area contributed by atoms with Crippen LogP contribution in [-0.4, -0.2) is 5.91 Å². The number of carbonyl (C=O) groups excluding carboxylic acids is 1. The predicted octanol–water partition coefficient (Wildman–Crippen LogP) is 5.85. The molecule has 0 heterocycles. The summed E-state index contributed by atoms with van der Waals surface area (Å²) >= 11 is 12.2. The van der Waals surface area contributed by atoms with E-state index in [2.05, 4.69) is 5.32 Å². The maximum atomic E-state index is 12.9. The molecule has 3 aromatic rings. The van der Waals surface area contributed by atoms with Crippen molar-refractivity contribution in [2.24, 2.45) is 0 Å². The van der Waals surface area contributed by atoms with Gasteiger partial charge in [-0.15, -0.1) is 0 Å². The van der Waals surface area contributed by atoms with Gasteiger partial charge in [-0.1, -0.05) is 83.9 Å². The van der Waals surface area contributed by atoms with Crippen LogP contribution in [0.3, 0.4) is 0 Å². The van der Waals surface area contributed by atoms with Gasteiger partial charge >= 0.3 is 0 Å². The molecule has 0 aromatic heterocycles. The van der Waals surface area contributed by atoms with Crippen molar-refractivity contribution in [3.8, 4) is 0 Å². The van der Waals surface area contributed by atoms with Crippen molar-refractivity contribution in [1.29, 1.82) is 0 Å². The van der Waals surface area contributed by atoms with Gasteiger partial charge in [-0.25, -0.2) is 0 Å². The first-order valence-electron chi connectivity index (χ1n) is 8.18. The van der Waals surface area contributed by atoms with Crippen molar-refractivity contribution in [3.63, 3.8) is 0 Å². The number of halogens is 2. The lowest BCUT2D eigenvalue weighted by Gasteiger charge is -2.10. The summed E-state index contributed by atoms with van der Waals surface area (Å²) in [5.74, 6) is -0.161. The quantitative estimate of drug-likeness (QED) is 0.435. The van der Waals surface area contributed by atoms with Gasteiger partial charge < -0.3 is 5.32 Å². The molecule has 0 aliphatic carbocycles. The number of hydrogen-bond acceptors (Lipinski definition) is 1. The highest BCUT2D eigenvalue weighted by Crippen LogP contribution is 2.23. The number of nitrogens with one attached hydrogen (secondary N) is 1. The second-order valence-electron chi connectivity index (χ2n) is 5.75. The highest BCUT2D eigenvalue weighted by Gasteiger charge is 2.12. The average molecular weight is 382 g/mol. The number of rotatable bonds is 5.